The molecule has 0 aliphatic heterocycles. The van der Waals surface area contributed by atoms with Crippen LogP contribution in [0.25, 0.3) is 0 Å². The maximum absolute atomic E-state index is 11.9. The first kappa shape index (κ1) is 14.2. The minimum absolute atomic E-state index is 0.224. The largest absolute Gasteiger partial charge is 0.348 e. The number of amides is 1. The summed E-state index contributed by atoms with van der Waals surface area (Å²) in [6, 6.07) is 12.1. The number of benzene rings is 2. The molecule has 0 spiro atoms. The summed E-state index contributed by atoms with van der Waals surface area (Å²) in [5.74, 6) is -0.224. The SMILES string of the molecule is O=C(NCc1ccccc1Cl)c1ccc(Cl)c(Cl)c1. The molecule has 19 heavy (non-hydrogen) atoms. The Morgan fingerprint density at radius 1 is 0.947 bits per heavy atom. The van der Waals surface area contributed by atoms with Gasteiger partial charge in [-0.05, 0) is 29.8 Å². The molecule has 2 nitrogen and oxygen atoms in total. The van der Waals surface area contributed by atoms with E-state index in [0.717, 1.165) is 5.56 Å². The van der Waals surface area contributed by atoms with Crippen LogP contribution in [0.5, 0.6) is 0 Å². The molecule has 0 atom stereocenters. The van der Waals surface area contributed by atoms with Crippen LogP contribution in [0.1, 0.15) is 15.9 Å². The van der Waals surface area contributed by atoms with Gasteiger partial charge in [-0.3, -0.25) is 4.79 Å². The van der Waals surface area contributed by atoms with Gasteiger partial charge in [0.05, 0.1) is 10.0 Å². The van der Waals surface area contributed by atoms with Crippen molar-refractivity contribution >= 4 is 40.7 Å². The molecule has 2 rings (SSSR count). The van der Waals surface area contributed by atoms with Gasteiger partial charge in [0.1, 0.15) is 0 Å². The molecule has 0 radical (unpaired) electrons. The third-order valence-corrected chi connectivity index (χ3v) is 3.69. The number of carbonyl (C=O) groups excluding carboxylic acids is 1. The molecule has 0 saturated heterocycles. The summed E-state index contributed by atoms with van der Waals surface area (Å²) in [6.45, 7) is 0.360. The van der Waals surface area contributed by atoms with Crippen LogP contribution < -0.4 is 5.32 Å². The van der Waals surface area contributed by atoms with E-state index in [1.54, 1.807) is 18.2 Å². The van der Waals surface area contributed by atoms with E-state index in [2.05, 4.69) is 5.32 Å². The van der Waals surface area contributed by atoms with Crippen LogP contribution in [0.2, 0.25) is 15.1 Å². The summed E-state index contributed by atoms with van der Waals surface area (Å²) in [6.07, 6.45) is 0. The van der Waals surface area contributed by atoms with Gasteiger partial charge in [-0.15, -0.1) is 0 Å². The zero-order valence-corrected chi connectivity index (χ0v) is 12.1. The minimum atomic E-state index is -0.224. The predicted molar refractivity (Wildman–Crippen MR) is 79.1 cm³/mol. The van der Waals surface area contributed by atoms with Gasteiger partial charge < -0.3 is 5.32 Å². The van der Waals surface area contributed by atoms with Crippen LogP contribution in [0, 0.1) is 0 Å². The number of carbonyl (C=O) groups is 1. The zero-order valence-electron chi connectivity index (χ0n) is 9.79. The van der Waals surface area contributed by atoms with Gasteiger partial charge in [0.25, 0.3) is 5.91 Å². The van der Waals surface area contributed by atoms with Gasteiger partial charge in [-0.2, -0.15) is 0 Å². The summed E-state index contributed by atoms with van der Waals surface area (Å²) < 4.78 is 0. The van der Waals surface area contributed by atoms with Gasteiger partial charge in [0.2, 0.25) is 0 Å². The molecule has 1 N–H and O–H groups in total. The van der Waals surface area contributed by atoms with E-state index in [9.17, 15) is 4.79 Å². The molecule has 0 bridgehead atoms. The van der Waals surface area contributed by atoms with E-state index in [-0.39, 0.29) is 5.91 Å². The molecule has 0 aromatic heterocycles. The molecule has 0 unspecified atom stereocenters. The van der Waals surface area contributed by atoms with Crippen LogP contribution in [-0.2, 0) is 6.54 Å². The first-order valence-corrected chi connectivity index (χ1v) is 6.68. The van der Waals surface area contributed by atoms with Gasteiger partial charge in [-0.25, -0.2) is 0 Å². The lowest BCUT2D eigenvalue weighted by atomic mass is 10.2. The summed E-state index contributed by atoms with van der Waals surface area (Å²) in [7, 11) is 0. The van der Waals surface area contributed by atoms with Crippen molar-refractivity contribution in [2.75, 3.05) is 0 Å². The van der Waals surface area contributed by atoms with Crippen LogP contribution in [0.4, 0.5) is 0 Å². The maximum Gasteiger partial charge on any atom is 0.251 e. The Kier molecular flexibility index (Phi) is 4.70. The molecule has 2 aromatic carbocycles. The zero-order chi connectivity index (χ0) is 13.8. The number of rotatable bonds is 3. The molecular weight excluding hydrogens is 305 g/mol. The lowest BCUT2D eigenvalue weighted by Gasteiger charge is -2.07. The third kappa shape index (κ3) is 3.63. The van der Waals surface area contributed by atoms with Crippen molar-refractivity contribution in [3.8, 4) is 0 Å². The third-order valence-electron chi connectivity index (χ3n) is 2.58. The van der Waals surface area contributed by atoms with Gasteiger partial charge >= 0.3 is 0 Å². The van der Waals surface area contributed by atoms with Gasteiger partial charge in [0.15, 0.2) is 0 Å². The van der Waals surface area contributed by atoms with E-state index in [0.29, 0.717) is 27.2 Å². The highest BCUT2D eigenvalue weighted by atomic mass is 35.5. The molecule has 2 aromatic rings. The van der Waals surface area contributed by atoms with Crippen molar-refractivity contribution in [1.29, 1.82) is 0 Å². The Morgan fingerprint density at radius 2 is 1.68 bits per heavy atom. The predicted octanol–water partition coefficient (Wildman–Crippen LogP) is 4.58. The molecule has 1 amide bonds. The Bertz CT molecular complexity index is 613. The highest BCUT2D eigenvalue weighted by molar-refractivity contribution is 6.42. The Hall–Kier alpha value is -1.22. The quantitative estimate of drug-likeness (QED) is 0.883. The maximum atomic E-state index is 11.9. The number of hydrogen-bond acceptors (Lipinski definition) is 1. The Balaban J connectivity index is 2.05. The lowest BCUT2D eigenvalue weighted by Crippen LogP contribution is -2.22. The fraction of sp³-hybridized carbons (Fsp3) is 0.0714. The smallest absolute Gasteiger partial charge is 0.251 e. The van der Waals surface area contributed by atoms with Crippen LogP contribution in [0.3, 0.4) is 0 Å². The summed E-state index contributed by atoms with van der Waals surface area (Å²) in [5, 5.41) is 4.17. The van der Waals surface area contributed by atoms with Crippen molar-refractivity contribution in [2.45, 2.75) is 6.54 Å². The second kappa shape index (κ2) is 6.29. The van der Waals surface area contributed by atoms with E-state index in [1.807, 2.05) is 18.2 Å². The van der Waals surface area contributed by atoms with E-state index >= 15 is 0 Å². The van der Waals surface area contributed by atoms with Gasteiger partial charge in [0, 0.05) is 17.1 Å². The van der Waals surface area contributed by atoms with Crippen molar-refractivity contribution in [2.24, 2.45) is 0 Å². The van der Waals surface area contributed by atoms with Crippen LogP contribution >= 0.6 is 34.8 Å². The van der Waals surface area contributed by atoms with E-state index in [1.165, 1.54) is 6.07 Å². The normalized spacial score (nSPS) is 10.3. The lowest BCUT2D eigenvalue weighted by molar-refractivity contribution is 0.0951. The van der Waals surface area contributed by atoms with E-state index in [4.69, 9.17) is 34.8 Å². The highest BCUT2D eigenvalue weighted by Crippen LogP contribution is 2.22. The Labute approximate surface area is 126 Å². The average molecular weight is 315 g/mol. The standard InChI is InChI=1S/C14H10Cl3NO/c15-11-4-2-1-3-10(11)8-18-14(19)9-5-6-12(16)13(17)7-9/h1-7H,8H2,(H,18,19). The summed E-state index contributed by atoms with van der Waals surface area (Å²) in [5.41, 5.74) is 1.32. The molecule has 0 aliphatic rings. The number of nitrogens with one attached hydrogen (secondary N) is 1. The van der Waals surface area contributed by atoms with E-state index < -0.39 is 0 Å². The molecule has 0 saturated carbocycles. The van der Waals surface area contributed by atoms with Crippen LogP contribution in [-0.4, -0.2) is 5.91 Å². The molecule has 0 fully saturated rings. The fourth-order valence-corrected chi connectivity index (χ4v) is 2.06. The Morgan fingerprint density at radius 3 is 2.37 bits per heavy atom. The second-order valence-corrected chi connectivity index (χ2v) is 5.12. The van der Waals surface area contributed by atoms with Crippen molar-refractivity contribution in [3.63, 3.8) is 0 Å². The first-order chi connectivity index (χ1) is 9.08. The summed E-state index contributed by atoms with van der Waals surface area (Å²) in [4.78, 5) is 11.9. The topological polar surface area (TPSA) is 29.1 Å². The minimum Gasteiger partial charge on any atom is -0.348 e. The fourth-order valence-electron chi connectivity index (χ4n) is 1.56. The van der Waals surface area contributed by atoms with Gasteiger partial charge in [-0.1, -0.05) is 53.0 Å². The summed E-state index contributed by atoms with van der Waals surface area (Å²) >= 11 is 17.7. The second-order valence-electron chi connectivity index (χ2n) is 3.90. The van der Waals surface area contributed by atoms with Crippen molar-refractivity contribution in [3.05, 3.63) is 68.7 Å². The number of halogens is 3. The van der Waals surface area contributed by atoms with Crippen molar-refractivity contribution < 1.29 is 4.79 Å². The first-order valence-electron chi connectivity index (χ1n) is 5.54. The molecular formula is C14H10Cl3NO. The molecule has 98 valence electrons. The monoisotopic (exact) mass is 313 g/mol. The molecule has 0 aliphatic carbocycles. The average Bonchev–Trinajstić information content (AvgIpc) is 2.40. The molecule has 0 heterocycles. The van der Waals surface area contributed by atoms with Crippen LogP contribution in [0.15, 0.2) is 42.5 Å². The highest BCUT2D eigenvalue weighted by Gasteiger charge is 2.08. The van der Waals surface area contributed by atoms with Crippen molar-refractivity contribution in [1.82, 2.24) is 5.32 Å². The number of hydrogen-bond donors (Lipinski definition) is 1. The molecule has 5 heteroatoms.